The molecule has 0 N–H and O–H groups in total. The summed E-state index contributed by atoms with van der Waals surface area (Å²) in [5.74, 6) is 0.135. The Morgan fingerprint density at radius 3 is 2.72 bits per heavy atom. The first kappa shape index (κ1) is 11.9. The second kappa shape index (κ2) is 5.15. The smallest absolute Gasteiger partial charge is 0.338 e. The van der Waals surface area contributed by atoms with Crippen LogP contribution in [0.1, 0.15) is 23.0 Å². The highest BCUT2D eigenvalue weighted by Crippen LogP contribution is 2.19. The number of oxazole rings is 1. The van der Waals surface area contributed by atoms with Crippen LogP contribution in [0, 0.1) is 11.3 Å². The lowest BCUT2D eigenvalue weighted by atomic mass is 10.1. The topological polar surface area (TPSA) is 76.1 Å². The average Bonchev–Trinajstić information content (AvgIpc) is 2.88. The monoisotopic (exact) mass is 242 g/mol. The van der Waals surface area contributed by atoms with Crippen molar-refractivity contribution >= 4 is 5.97 Å². The van der Waals surface area contributed by atoms with Crippen LogP contribution in [0.5, 0.6) is 0 Å². The molecule has 0 aliphatic rings. The number of nitriles is 1. The zero-order valence-electron chi connectivity index (χ0n) is 9.71. The fourth-order valence-electron chi connectivity index (χ4n) is 1.42. The predicted octanol–water partition coefficient (Wildman–Crippen LogP) is 2.39. The summed E-state index contributed by atoms with van der Waals surface area (Å²) in [6.45, 7) is 2.09. The summed E-state index contributed by atoms with van der Waals surface area (Å²) in [5, 5.41) is 8.63. The normalized spacial score (nSPS) is 9.78. The van der Waals surface area contributed by atoms with Crippen molar-refractivity contribution in [2.45, 2.75) is 6.92 Å². The molecule has 0 unspecified atom stereocenters. The molecule has 1 aromatic heterocycles. The third-order valence-corrected chi connectivity index (χ3v) is 2.26. The molecule has 2 aromatic rings. The maximum atomic E-state index is 11.4. The molecule has 0 saturated carbocycles. The van der Waals surface area contributed by atoms with Crippen LogP contribution in [0.25, 0.3) is 11.5 Å². The number of aromatic nitrogens is 1. The minimum absolute atomic E-state index is 0.152. The Kier molecular flexibility index (Phi) is 3.39. The molecule has 0 fully saturated rings. The van der Waals surface area contributed by atoms with E-state index >= 15 is 0 Å². The number of benzene rings is 1. The number of nitrogens with zero attached hydrogens (tertiary/aromatic N) is 2. The van der Waals surface area contributed by atoms with Crippen molar-refractivity contribution in [2.75, 3.05) is 6.61 Å². The summed E-state index contributed by atoms with van der Waals surface area (Å²) < 4.78 is 10.1. The molecule has 5 heteroatoms. The molecule has 0 saturated heterocycles. The molecule has 0 atom stereocenters. The van der Waals surface area contributed by atoms with Gasteiger partial charge in [-0.25, -0.2) is 9.78 Å². The number of hydrogen-bond donors (Lipinski definition) is 0. The predicted molar refractivity (Wildman–Crippen MR) is 62.6 cm³/mol. The largest absolute Gasteiger partial charge is 0.462 e. The molecule has 0 radical (unpaired) electrons. The van der Waals surface area contributed by atoms with E-state index in [1.54, 1.807) is 31.2 Å². The van der Waals surface area contributed by atoms with Gasteiger partial charge in [0.1, 0.15) is 6.07 Å². The lowest BCUT2D eigenvalue weighted by Gasteiger charge is -2.01. The Balaban J connectivity index is 2.22. The summed E-state index contributed by atoms with van der Waals surface area (Å²) in [6.07, 6.45) is 1.36. The first-order valence-electron chi connectivity index (χ1n) is 5.38. The van der Waals surface area contributed by atoms with Crippen LogP contribution in [0.15, 0.2) is 34.9 Å². The van der Waals surface area contributed by atoms with Gasteiger partial charge in [0.15, 0.2) is 0 Å². The van der Waals surface area contributed by atoms with E-state index in [4.69, 9.17) is 14.4 Å². The lowest BCUT2D eigenvalue weighted by Crippen LogP contribution is -2.03. The highest BCUT2D eigenvalue weighted by Gasteiger charge is 2.09. The van der Waals surface area contributed by atoms with Gasteiger partial charge >= 0.3 is 5.97 Å². The number of ether oxygens (including phenoxy) is 1. The van der Waals surface area contributed by atoms with E-state index in [9.17, 15) is 4.79 Å². The fourth-order valence-corrected chi connectivity index (χ4v) is 1.42. The third-order valence-electron chi connectivity index (χ3n) is 2.26. The molecular weight excluding hydrogens is 232 g/mol. The van der Waals surface area contributed by atoms with Crippen LogP contribution >= 0.6 is 0 Å². The van der Waals surface area contributed by atoms with Gasteiger partial charge in [-0.15, -0.1) is 0 Å². The van der Waals surface area contributed by atoms with Crippen molar-refractivity contribution in [3.63, 3.8) is 0 Å². The number of carbonyl (C=O) groups is 1. The number of hydrogen-bond acceptors (Lipinski definition) is 5. The Hall–Kier alpha value is -2.61. The maximum absolute atomic E-state index is 11.4. The van der Waals surface area contributed by atoms with Gasteiger partial charge in [0.25, 0.3) is 0 Å². The van der Waals surface area contributed by atoms with Gasteiger partial charge in [0.2, 0.25) is 11.7 Å². The fraction of sp³-hybridized carbons (Fsp3) is 0.154. The van der Waals surface area contributed by atoms with Crippen LogP contribution in [-0.2, 0) is 4.74 Å². The van der Waals surface area contributed by atoms with E-state index in [2.05, 4.69) is 4.98 Å². The first-order valence-corrected chi connectivity index (χ1v) is 5.38. The molecule has 1 aromatic carbocycles. The van der Waals surface area contributed by atoms with Gasteiger partial charge in [0.05, 0.1) is 18.4 Å². The zero-order valence-corrected chi connectivity index (χ0v) is 9.71. The standard InChI is InChI=1S/C13H10N2O3/c1-2-17-13(16)10-5-3-9(4-6-10)12-15-8-11(7-14)18-12/h3-6,8H,2H2,1H3. The second-order valence-corrected chi connectivity index (χ2v) is 3.44. The van der Waals surface area contributed by atoms with E-state index in [-0.39, 0.29) is 11.7 Å². The summed E-state index contributed by atoms with van der Waals surface area (Å²) >= 11 is 0. The molecule has 0 spiro atoms. The first-order chi connectivity index (χ1) is 8.74. The van der Waals surface area contributed by atoms with Crippen LogP contribution in [0.2, 0.25) is 0 Å². The minimum Gasteiger partial charge on any atom is -0.462 e. The lowest BCUT2D eigenvalue weighted by molar-refractivity contribution is 0.0526. The summed E-state index contributed by atoms with van der Waals surface area (Å²) in [6, 6.07) is 8.50. The van der Waals surface area contributed by atoms with Gasteiger partial charge in [-0.1, -0.05) is 0 Å². The molecule has 0 aliphatic carbocycles. The molecule has 18 heavy (non-hydrogen) atoms. The van der Waals surface area contributed by atoms with Crippen LogP contribution in [0.3, 0.4) is 0 Å². The van der Waals surface area contributed by atoms with Gasteiger partial charge in [0, 0.05) is 5.56 Å². The Morgan fingerprint density at radius 2 is 2.17 bits per heavy atom. The van der Waals surface area contributed by atoms with Crippen molar-refractivity contribution in [3.05, 3.63) is 41.8 Å². The van der Waals surface area contributed by atoms with Crippen molar-refractivity contribution in [3.8, 4) is 17.5 Å². The molecule has 0 amide bonds. The van der Waals surface area contributed by atoms with E-state index in [0.29, 0.717) is 23.6 Å². The zero-order chi connectivity index (χ0) is 13.0. The maximum Gasteiger partial charge on any atom is 0.338 e. The highest BCUT2D eigenvalue weighted by atomic mass is 16.5. The Morgan fingerprint density at radius 1 is 1.44 bits per heavy atom. The van der Waals surface area contributed by atoms with Crippen molar-refractivity contribution in [1.29, 1.82) is 5.26 Å². The molecule has 1 heterocycles. The van der Waals surface area contributed by atoms with Gasteiger partial charge in [-0.3, -0.25) is 0 Å². The molecular formula is C13H10N2O3. The minimum atomic E-state index is -0.367. The van der Waals surface area contributed by atoms with E-state index in [1.165, 1.54) is 6.20 Å². The average molecular weight is 242 g/mol. The van der Waals surface area contributed by atoms with E-state index < -0.39 is 0 Å². The molecule has 0 aliphatic heterocycles. The number of carbonyl (C=O) groups excluding carboxylic acids is 1. The summed E-state index contributed by atoms with van der Waals surface area (Å²) in [7, 11) is 0. The summed E-state index contributed by atoms with van der Waals surface area (Å²) in [5.41, 5.74) is 1.16. The molecule has 0 bridgehead atoms. The summed E-state index contributed by atoms with van der Waals surface area (Å²) in [4.78, 5) is 15.4. The SMILES string of the molecule is CCOC(=O)c1ccc(-c2ncc(C#N)o2)cc1. The van der Waals surface area contributed by atoms with Crippen LogP contribution in [-0.4, -0.2) is 17.6 Å². The number of esters is 1. The molecule has 2 rings (SSSR count). The Bertz CT molecular complexity index is 593. The molecule has 5 nitrogen and oxygen atoms in total. The molecule has 90 valence electrons. The van der Waals surface area contributed by atoms with Gasteiger partial charge < -0.3 is 9.15 Å². The Labute approximate surface area is 104 Å². The second-order valence-electron chi connectivity index (χ2n) is 3.44. The van der Waals surface area contributed by atoms with E-state index in [1.807, 2.05) is 6.07 Å². The third kappa shape index (κ3) is 2.38. The van der Waals surface area contributed by atoms with E-state index in [0.717, 1.165) is 0 Å². The van der Waals surface area contributed by atoms with Gasteiger partial charge in [-0.05, 0) is 31.2 Å². The van der Waals surface area contributed by atoms with Crippen molar-refractivity contribution in [1.82, 2.24) is 4.98 Å². The van der Waals surface area contributed by atoms with Gasteiger partial charge in [-0.2, -0.15) is 5.26 Å². The highest BCUT2D eigenvalue weighted by molar-refractivity contribution is 5.89. The number of rotatable bonds is 3. The van der Waals surface area contributed by atoms with Crippen molar-refractivity contribution in [2.24, 2.45) is 0 Å². The van der Waals surface area contributed by atoms with Crippen LogP contribution < -0.4 is 0 Å². The van der Waals surface area contributed by atoms with Crippen LogP contribution in [0.4, 0.5) is 0 Å². The van der Waals surface area contributed by atoms with Crippen molar-refractivity contribution < 1.29 is 13.9 Å². The quantitative estimate of drug-likeness (QED) is 0.772.